The van der Waals surface area contributed by atoms with E-state index < -0.39 is 0 Å². The van der Waals surface area contributed by atoms with E-state index in [1.807, 2.05) is 0 Å². The molecule has 0 N–H and O–H groups in total. The molecule has 96 valence electrons. The van der Waals surface area contributed by atoms with Crippen LogP contribution in [0.4, 0.5) is 0 Å². The lowest BCUT2D eigenvalue weighted by Gasteiger charge is -2.19. The highest BCUT2D eigenvalue weighted by atomic mass is 16.2. The van der Waals surface area contributed by atoms with E-state index in [4.69, 9.17) is 0 Å². The van der Waals surface area contributed by atoms with Crippen molar-refractivity contribution in [2.45, 2.75) is 58.3 Å². The fourth-order valence-corrected chi connectivity index (χ4v) is 2.10. The third kappa shape index (κ3) is 5.11. The lowest BCUT2D eigenvalue weighted by Crippen LogP contribution is -2.36. The minimum Gasteiger partial charge on any atom is -0.300 e. The molecule has 17 heavy (non-hydrogen) atoms. The first-order valence-electron chi connectivity index (χ1n) is 6.44. The van der Waals surface area contributed by atoms with Crippen LogP contribution in [0.15, 0.2) is 0 Å². The molecule has 0 saturated carbocycles. The molecular weight excluding hydrogens is 218 g/mol. The lowest BCUT2D eigenvalue weighted by molar-refractivity contribution is -0.144. The van der Waals surface area contributed by atoms with Gasteiger partial charge in [0.1, 0.15) is 5.78 Å². The van der Waals surface area contributed by atoms with Crippen LogP contribution in [-0.2, 0) is 14.4 Å². The number of rotatable bonds is 0. The van der Waals surface area contributed by atoms with E-state index in [9.17, 15) is 14.4 Å². The second-order valence-corrected chi connectivity index (χ2v) is 4.62. The fraction of sp³-hybridized carbons (Fsp3) is 0.769. The summed E-state index contributed by atoms with van der Waals surface area (Å²) in [6.07, 6.45) is 5.90. The van der Waals surface area contributed by atoms with Crippen LogP contribution in [0.25, 0.3) is 0 Å². The molecule has 0 aromatic heterocycles. The lowest BCUT2D eigenvalue weighted by atomic mass is 10.0. The zero-order chi connectivity index (χ0) is 12.7. The van der Waals surface area contributed by atoms with Crippen molar-refractivity contribution < 1.29 is 14.4 Å². The van der Waals surface area contributed by atoms with E-state index in [1.54, 1.807) is 0 Å². The second kappa shape index (κ2) is 7.20. The van der Waals surface area contributed by atoms with Crippen molar-refractivity contribution in [2.75, 3.05) is 6.54 Å². The minimum absolute atomic E-state index is 0.0921. The predicted molar refractivity (Wildman–Crippen MR) is 64.3 cm³/mol. The number of Topliss-reactive ketones (excluding diaryl/α,β-unsaturated/α-hetero) is 1. The Bertz CT molecular complexity index is 299. The van der Waals surface area contributed by atoms with E-state index >= 15 is 0 Å². The number of hydrogen-bond donors (Lipinski definition) is 0. The standard InChI is InChI=1S/C13H21NO3/c1-11(15)14-10-6-8-12(16)7-4-2-3-5-9-13(14)17/h2-10H2,1H3. The molecule has 0 bridgehead atoms. The molecule has 1 fully saturated rings. The zero-order valence-electron chi connectivity index (χ0n) is 10.5. The molecule has 0 aromatic carbocycles. The van der Waals surface area contributed by atoms with Gasteiger partial charge < -0.3 is 0 Å². The van der Waals surface area contributed by atoms with Gasteiger partial charge in [0.2, 0.25) is 11.8 Å². The summed E-state index contributed by atoms with van der Waals surface area (Å²) in [6.45, 7) is 1.80. The molecule has 4 heteroatoms. The molecule has 1 aliphatic rings. The van der Waals surface area contributed by atoms with Crippen molar-refractivity contribution in [3.05, 3.63) is 0 Å². The van der Waals surface area contributed by atoms with E-state index in [0.717, 1.165) is 25.7 Å². The molecule has 0 atom stereocenters. The third-order valence-electron chi connectivity index (χ3n) is 3.11. The highest BCUT2D eigenvalue weighted by Crippen LogP contribution is 2.11. The van der Waals surface area contributed by atoms with Gasteiger partial charge >= 0.3 is 0 Å². The average Bonchev–Trinajstić information content (AvgIpc) is 2.26. The Hall–Kier alpha value is -1.19. The van der Waals surface area contributed by atoms with E-state index in [0.29, 0.717) is 32.2 Å². The van der Waals surface area contributed by atoms with Crippen LogP contribution in [0.3, 0.4) is 0 Å². The number of carbonyl (C=O) groups excluding carboxylic acids is 3. The van der Waals surface area contributed by atoms with Crippen LogP contribution >= 0.6 is 0 Å². The Balaban J connectivity index is 2.56. The van der Waals surface area contributed by atoms with Gasteiger partial charge in [0, 0.05) is 32.7 Å². The molecule has 0 spiro atoms. The summed E-state index contributed by atoms with van der Waals surface area (Å²) in [5, 5.41) is 0. The summed E-state index contributed by atoms with van der Waals surface area (Å²) in [7, 11) is 0. The van der Waals surface area contributed by atoms with Crippen molar-refractivity contribution in [1.82, 2.24) is 4.90 Å². The quantitative estimate of drug-likeness (QED) is 0.650. The first-order valence-corrected chi connectivity index (χ1v) is 6.44. The van der Waals surface area contributed by atoms with Crippen LogP contribution in [0.2, 0.25) is 0 Å². The molecule has 1 heterocycles. The molecule has 1 saturated heterocycles. The molecule has 2 amide bonds. The number of hydrogen-bond acceptors (Lipinski definition) is 3. The Morgan fingerprint density at radius 1 is 0.941 bits per heavy atom. The van der Waals surface area contributed by atoms with Crippen molar-refractivity contribution in [1.29, 1.82) is 0 Å². The summed E-state index contributed by atoms with van der Waals surface area (Å²) in [6, 6.07) is 0. The monoisotopic (exact) mass is 239 g/mol. The highest BCUT2D eigenvalue weighted by Gasteiger charge is 2.18. The van der Waals surface area contributed by atoms with Crippen molar-refractivity contribution in [3.8, 4) is 0 Å². The third-order valence-corrected chi connectivity index (χ3v) is 3.11. The number of nitrogens with zero attached hydrogens (tertiary/aromatic N) is 1. The maximum absolute atomic E-state index is 11.8. The predicted octanol–water partition coefficient (Wildman–Crippen LogP) is 2.06. The highest BCUT2D eigenvalue weighted by molar-refractivity contribution is 5.94. The molecule has 0 radical (unpaired) electrons. The SMILES string of the molecule is CC(=O)N1CCCC(=O)CCCCCCC1=O. The summed E-state index contributed by atoms with van der Waals surface area (Å²) in [5.41, 5.74) is 0. The summed E-state index contributed by atoms with van der Waals surface area (Å²) < 4.78 is 0. The molecule has 0 unspecified atom stereocenters. The molecular formula is C13H21NO3. The second-order valence-electron chi connectivity index (χ2n) is 4.62. The van der Waals surface area contributed by atoms with E-state index in [1.165, 1.54) is 11.8 Å². The maximum atomic E-state index is 11.8. The van der Waals surface area contributed by atoms with Gasteiger partial charge in [0.15, 0.2) is 0 Å². The number of carbonyl (C=O) groups is 3. The van der Waals surface area contributed by atoms with Crippen LogP contribution < -0.4 is 0 Å². The largest absolute Gasteiger partial charge is 0.300 e. The summed E-state index contributed by atoms with van der Waals surface area (Å²) in [5.74, 6) is -0.0495. The smallest absolute Gasteiger partial charge is 0.229 e. The van der Waals surface area contributed by atoms with Crippen LogP contribution in [-0.4, -0.2) is 29.0 Å². The maximum Gasteiger partial charge on any atom is 0.229 e. The Labute approximate surface area is 102 Å². The first kappa shape index (κ1) is 13.9. The molecule has 1 aliphatic heterocycles. The Morgan fingerprint density at radius 3 is 2.18 bits per heavy atom. The topological polar surface area (TPSA) is 54.5 Å². The number of imide groups is 1. The van der Waals surface area contributed by atoms with Gasteiger partial charge in [-0.15, -0.1) is 0 Å². The van der Waals surface area contributed by atoms with Crippen molar-refractivity contribution >= 4 is 17.6 Å². The van der Waals surface area contributed by atoms with Gasteiger partial charge in [-0.2, -0.15) is 0 Å². The molecule has 4 nitrogen and oxygen atoms in total. The van der Waals surface area contributed by atoms with E-state index in [-0.39, 0.29) is 17.6 Å². The Kier molecular flexibility index (Phi) is 5.87. The average molecular weight is 239 g/mol. The summed E-state index contributed by atoms with van der Waals surface area (Å²) >= 11 is 0. The Morgan fingerprint density at radius 2 is 1.53 bits per heavy atom. The van der Waals surface area contributed by atoms with Crippen LogP contribution in [0.1, 0.15) is 58.3 Å². The molecule has 0 aliphatic carbocycles. The minimum atomic E-state index is -0.209. The molecule has 0 aromatic rings. The van der Waals surface area contributed by atoms with Crippen LogP contribution in [0, 0.1) is 0 Å². The van der Waals surface area contributed by atoms with Crippen molar-refractivity contribution in [2.24, 2.45) is 0 Å². The zero-order valence-corrected chi connectivity index (χ0v) is 10.5. The van der Waals surface area contributed by atoms with Gasteiger partial charge in [0.25, 0.3) is 0 Å². The van der Waals surface area contributed by atoms with Gasteiger partial charge in [-0.05, 0) is 19.3 Å². The first-order chi connectivity index (χ1) is 8.11. The number of ketones is 1. The van der Waals surface area contributed by atoms with Gasteiger partial charge in [-0.3, -0.25) is 19.3 Å². The van der Waals surface area contributed by atoms with Gasteiger partial charge in [-0.25, -0.2) is 0 Å². The normalized spacial score (nSPS) is 20.6. The number of amides is 2. The van der Waals surface area contributed by atoms with Crippen molar-refractivity contribution in [3.63, 3.8) is 0 Å². The van der Waals surface area contributed by atoms with Gasteiger partial charge in [0.05, 0.1) is 0 Å². The van der Waals surface area contributed by atoms with Crippen LogP contribution in [0.5, 0.6) is 0 Å². The fourth-order valence-electron chi connectivity index (χ4n) is 2.10. The van der Waals surface area contributed by atoms with E-state index in [2.05, 4.69) is 0 Å². The molecule has 1 rings (SSSR count). The van der Waals surface area contributed by atoms with Gasteiger partial charge in [-0.1, -0.05) is 12.8 Å². The summed E-state index contributed by atoms with van der Waals surface area (Å²) in [4.78, 5) is 35.9.